The Kier molecular flexibility index (Phi) is 2.34. The molecule has 3 rings (SSSR count). The molecule has 1 aromatic heterocycles. The third kappa shape index (κ3) is 1.43. The molecule has 0 aliphatic heterocycles. The van der Waals surface area contributed by atoms with Crippen LogP contribution in [-0.4, -0.2) is 4.98 Å². The van der Waals surface area contributed by atoms with E-state index in [-0.39, 0.29) is 11.5 Å². The molecule has 0 aromatic carbocycles. The van der Waals surface area contributed by atoms with Crippen molar-refractivity contribution in [1.29, 1.82) is 0 Å². The molecule has 1 aromatic rings. The third-order valence-electron chi connectivity index (χ3n) is 4.03. The van der Waals surface area contributed by atoms with E-state index in [0.29, 0.717) is 18.4 Å². The highest BCUT2D eigenvalue weighted by atomic mass is 19.1. The molecule has 3 heteroatoms. The van der Waals surface area contributed by atoms with Gasteiger partial charge in [-0.25, -0.2) is 4.39 Å². The molecule has 1 heterocycles. The van der Waals surface area contributed by atoms with E-state index in [1.165, 1.54) is 6.07 Å². The van der Waals surface area contributed by atoms with Gasteiger partial charge in [0.1, 0.15) is 0 Å². The van der Waals surface area contributed by atoms with Gasteiger partial charge < -0.3 is 4.98 Å². The van der Waals surface area contributed by atoms with Crippen LogP contribution < -0.4 is 5.56 Å². The van der Waals surface area contributed by atoms with Crippen molar-refractivity contribution in [2.75, 3.05) is 0 Å². The lowest BCUT2D eigenvalue weighted by Gasteiger charge is -2.42. The first-order valence-electron chi connectivity index (χ1n) is 6.30. The molecule has 0 unspecified atom stereocenters. The topological polar surface area (TPSA) is 32.9 Å². The van der Waals surface area contributed by atoms with Gasteiger partial charge >= 0.3 is 0 Å². The highest BCUT2D eigenvalue weighted by Gasteiger charge is 2.47. The van der Waals surface area contributed by atoms with E-state index < -0.39 is 5.67 Å². The van der Waals surface area contributed by atoms with Crippen molar-refractivity contribution in [3.8, 4) is 0 Å². The van der Waals surface area contributed by atoms with Crippen molar-refractivity contribution < 1.29 is 4.39 Å². The quantitative estimate of drug-likeness (QED) is 0.700. The number of aromatic amines is 1. The van der Waals surface area contributed by atoms with Gasteiger partial charge in [-0.05, 0) is 31.9 Å². The van der Waals surface area contributed by atoms with E-state index in [1.807, 2.05) is 19.9 Å². The zero-order valence-corrected chi connectivity index (χ0v) is 10.6. The average Bonchev–Trinajstić information content (AvgIpc) is 2.26. The Morgan fingerprint density at radius 3 is 3.00 bits per heavy atom. The van der Waals surface area contributed by atoms with Gasteiger partial charge in [-0.15, -0.1) is 0 Å². The van der Waals surface area contributed by atoms with Crippen LogP contribution in [0.4, 0.5) is 4.39 Å². The minimum absolute atomic E-state index is 0.0827. The van der Waals surface area contributed by atoms with Gasteiger partial charge in [0.05, 0.1) is 0 Å². The maximum atomic E-state index is 15.4. The summed E-state index contributed by atoms with van der Waals surface area (Å²) in [6.45, 7) is 3.87. The highest BCUT2D eigenvalue weighted by molar-refractivity contribution is 5.47. The highest BCUT2D eigenvalue weighted by Crippen LogP contribution is 2.51. The molecule has 0 spiro atoms. The van der Waals surface area contributed by atoms with Gasteiger partial charge in [0.2, 0.25) is 5.56 Å². The van der Waals surface area contributed by atoms with Gasteiger partial charge in [-0.1, -0.05) is 17.7 Å². The van der Waals surface area contributed by atoms with Crippen molar-refractivity contribution in [2.24, 2.45) is 5.92 Å². The second kappa shape index (κ2) is 3.67. The Labute approximate surface area is 105 Å². The molecular weight excluding hydrogens is 229 g/mol. The van der Waals surface area contributed by atoms with Crippen LogP contribution in [0.15, 0.2) is 40.2 Å². The van der Waals surface area contributed by atoms with Crippen LogP contribution in [0.25, 0.3) is 0 Å². The van der Waals surface area contributed by atoms with Gasteiger partial charge in [-0.2, -0.15) is 0 Å². The van der Waals surface area contributed by atoms with Crippen LogP contribution in [0, 0.1) is 5.92 Å². The molecule has 0 saturated carbocycles. The summed E-state index contributed by atoms with van der Waals surface area (Å²) in [5, 5.41) is 0. The molecule has 2 aliphatic carbocycles. The lowest BCUT2D eigenvalue weighted by atomic mass is 9.66. The van der Waals surface area contributed by atoms with Crippen molar-refractivity contribution in [1.82, 2.24) is 4.98 Å². The van der Waals surface area contributed by atoms with Crippen LogP contribution >= 0.6 is 0 Å². The van der Waals surface area contributed by atoms with Crippen LogP contribution in [0.2, 0.25) is 0 Å². The number of halogens is 1. The number of pyridine rings is 1. The molecule has 0 amide bonds. The van der Waals surface area contributed by atoms with E-state index in [9.17, 15) is 4.79 Å². The van der Waals surface area contributed by atoms with E-state index in [4.69, 9.17) is 0 Å². The number of allylic oxidation sites excluding steroid dienone is 4. The number of H-pyrrole nitrogens is 1. The monoisotopic (exact) mass is 245 g/mol. The number of hydrogen-bond acceptors (Lipinski definition) is 1. The molecule has 2 bridgehead atoms. The Hall–Kier alpha value is -1.64. The zero-order chi connectivity index (χ0) is 12.9. The number of aromatic nitrogens is 1. The Morgan fingerprint density at radius 1 is 1.50 bits per heavy atom. The second-order valence-electron chi connectivity index (χ2n) is 5.26. The van der Waals surface area contributed by atoms with Gasteiger partial charge in [0, 0.05) is 29.7 Å². The molecule has 2 aliphatic rings. The lowest BCUT2D eigenvalue weighted by Crippen LogP contribution is -2.38. The summed E-state index contributed by atoms with van der Waals surface area (Å²) >= 11 is 0. The molecular formula is C15H16FNO. The number of fused-ring (bicyclic) bond motifs is 4. The molecule has 94 valence electrons. The Balaban J connectivity index is 2.28. The summed E-state index contributed by atoms with van der Waals surface area (Å²) in [4.78, 5) is 14.2. The number of rotatable bonds is 0. The first-order valence-corrected chi connectivity index (χ1v) is 6.30. The predicted molar refractivity (Wildman–Crippen MR) is 69.2 cm³/mol. The molecule has 1 N–H and O–H groups in total. The Morgan fingerprint density at radius 2 is 2.28 bits per heavy atom. The van der Waals surface area contributed by atoms with Gasteiger partial charge in [-0.3, -0.25) is 4.79 Å². The second-order valence-corrected chi connectivity index (χ2v) is 5.26. The Bertz CT molecular complexity index is 626. The summed E-state index contributed by atoms with van der Waals surface area (Å²) in [5.74, 6) is 0.0827. The summed E-state index contributed by atoms with van der Waals surface area (Å²) in [6.07, 6.45) is 5.10. The fourth-order valence-corrected chi connectivity index (χ4v) is 3.40. The van der Waals surface area contributed by atoms with Crippen LogP contribution in [-0.2, 0) is 12.1 Å². The van der Waals surface area contributed by atoms with E-state index in [1.54, 1.807) is 6.07 Å². The van der Waals surface area contributed by atoms with Crippen molar-refractivity contribution in [3.05, 3.63) is 57.0 Å². The number of hydrogen-bond donors (Lipinski definition) is 1. The fraction of sp³-hybridized carbons (Fsp3) is 0.400. The van der Waals surface area contributed by atoms with Crippen LogP contribution in [0.3, 0.4) is 0 Å². The average molecular weight is 245 g/mol. The van der Waals surface area contributed by atoms with Crippen LogP contribution in [0.1, 0.15) is 31.5 Å². The third-order valence-corrected chi connectivity index (χ3v) is 4.03. The summed E-state index contributed by atoms with van der Waals surface area (Å²) in [5.41, 5.74) is 1.73. The largest absolute Gasteiger partial charge is 0.326 e. The minimum Gasteiger partial charge on any atom is -0.326 e. The number of nitrogens with one attached hydrogen (secondary N) is 1. The SMILES string of the molecule is CC=C1[C@@H]2C=C(C)C[C@@]1(F)c1ccc(=O)[nH]c1C2. The molecule has 2 atom stereocenters. The van der Waals surface area contributed by atoms with Crippen LogP contribution in [0.5, 0.6) is 0 Å². The lowest BCUT2D eigenvalue weighted by molar-refractivity contribution is 0.178. The summed E-state index contributed by atoms with van der Waals surface area (Å²) < 4.78 is 15.4. The van der Waals surface area contributed by atoms with Crippen molar-refractivity contribution in [2.45, 2.75) is 32.4 Å². The van der Waals surface area contributed by atoms with E-state index in [0.717, 1.165) is 16.8 Å². The molecule has 18 heavy (non-hydrogen) atoms. The minimum atomic E-state index is -1.43. The molecule has 0 saturated heterocycles. The first-order chi connectivity index (χ1) is 8.54. The summed E-state index contributed by atoms with van der Waals surface area (Å²) in [7, 11) is 0. The maximum absolute atomic E-state index is 15.4. The number of alkyl halides is 1. The molecule has 0 fully saturated rings. The maximum Gasteiger partial charge on any atom is 0.248 e. The van der Waals surface area contributed by atoms with E-state index >= 15 is 4.39 Å². The smallest absolute Gasteiger partial charge is 0.248 e. The molecule has 0 radical (unpaired) electrons. The summed E-state index contributed by atoms with van der Waals surface area (Å²) in [6, 6.07) is 3.06. The van der Waals surface area contributed by atoms with Crippen molar-refractivity contribution in [3.63, 3.8) is 0 Å². The van der Waals surface area contributed by atoms with Crippen molar-refractivity contribution >= 4 is 0 Å². The van der Waals surface area contributed by atoms with E-state index in [2.05, 4.69) is 11.1 Å². The van der Waals surface area contributed by atoms with Gasteiger partial charge in [0.25, 0.3) is 0 Å². The fourth-order valence-electron chi connectivity index (χ4n) is 3.40. The predicted octanol–water partition coefficient (Wildman–Crippen LogP) is 3.01. The van der Waals surface area contributed by atoms with Gasteiger partial charge in [0.15, 0.2) is 5.67 Å². The molecule has 2 nitrogen and oxygen atoms in total. The standard InChI is InChI=1S/C15H16FNO/c1-3-11-10-6-9(2)8-15(11,16)12-4-5-14(18)17-13(12)7-10/h3-6,10H,7-8H2,1-2H3,(H,17,18)/t10-,15+/m1/s1. The first kappa shape index (κ1) is 11.5. The zero-order valence-electron chi connectivity index (χ0n) is 10.6. The normalized spacial score (nSPS) is 32.1.